The molecule has 0 atom stereocenters. The smallest absolute Gasteiger partial charge is 0.342 e. The Hall–Kier alpha value is -3.55. The molecule has 120 valence electrons. The maximum Gasteiger partial charge on any atom is 0.342 e. The van der Waals surface area contributed by atoms with Crippen LogP contribution in [-0.4, -0.2) is 35.8 Å². The molecule has 3 aromatic rings. The lowest BCUT2D eigenvalue weighted by molar-refractivity contribution is 0.0694. The molecular formula is C16H13N5O3. The summed E-state index contributed by atoms with van der Waals surface area (Å²) in [5.74, 6) is -1.03. The highest BCUT2D eigenvalue weighted by atomic mass is 16.4. The first-order valence-corrected chi connectivity index (χ1v) is 7.01. The minimum atomic E-state index is -1.31. The van der Waals surface area contributed by atoms with Crippen LogP contribution in [0.5, 0.6) is 0 Å². The van der Waals surface area contributed by atoms with Gasteiger partial charge in [0.2, 0.25) is 0 Å². The number of carboxylic acid groups (broad SMARTS) is 1. The van der Waals surface area contributed by atoms with Crippen LogP contribution in [-0.2, 0) is 0 Å². The van der Waals surface area contributed by atoms with Crippen LogP contribution in [0.3, 0.4) is 0 Å². The largest absolute Gasteiger partial charge is 0.477 e. The minimum absolute atomic E-state index is 0.281. The number of aromatic amines is 1. The van der Waals surface area contributed by atoms with Crippen LogP contribution in [0.15, 0.2) is 41.8 Å². The maximum atomic E-state index is 11.6. The lowest BCUT2D eigenvalue weighted by Gasteiger charge is -2.06. The van der Waals surface area contributed by atoms with E-state index in [1.54, 1.807) is 23.2 Å². The molecule has 0 bridgehead atoms. The topological polar surface area (TPSA) is 114 Å². The number of aromatic nitrogens is 5. The van der Waals surface area contributed by atoms with Gasteiger partial charge in [0, 0.05) is 6.20 Å². The molecular weight excluding hydrogens is 310 g/mol. The summed E-state index contributed by atoms with van der Waals surface area (Å²) in [4.78, 5) is 32.6. The van der Waals surface area contributed by atoms with E-state index in [2.05, 4.69) is 20.1 Å². The quantitative estimate of drug-likeness (QED) is 0.752. The van der Waals surface area contributed by atoms with Crippen LogP contribution in [0.25, 0.3) is 17.8 Å². The third kappa shape index (κ3) is 3.12. The predicted molar refractivity (Wildman–Crippen MR) is 86.8 cm³/mol. The molecule has 2 N–H and O–H groups in total. The van der Waals surface area contributed by atoms with Gasteiger partial charge in [-0.15, -0.1) is 0 Å². The molecule has 2 heterocycles. The van der Waals surface area contributed by atoms with Crippen molar-refractivity contribution in [2.45, 2.75) is 6.92 Å². The van der Waals surface area contributed by atoms with E-state index < -0.39 is 11.5 Å². The van der Waals surface area contributed by atoms with Crippen LogP contribution < -0.4 is 5.56 Å². The van der Waals surface area contributed by atoms with E-state index in [0.29, 0.717) is 0 Å². The minimum Gasteiger partial charge on any atom is -0.477 e. The van der Waals surface area contributed by atoms with Crippen LogP contribution in [0, 0.1) is 6.92 Å². The highest BCUT2D eigenvalue weighted by molar-refractivity contribution is 5.86. The van der Waals surface area contributed by atoms with Crippen LogP contribution in [0.1, 0.15) is 27.3 Å². The lowest BCUT2D eigenvalue weighted by Crippen LogP contribution is -2.18. The molecule has 3 rings (SSSR count). The van der Waals surface area contributed by atoms with Gasteiger partial charge in [-0.25, -0.2) is 19.4 Å². The summed E-state index contributed by atoms with van der Waals surface area (Å²) in [5, 5.41) is 12.9. The average Bonchev–Trinajstić information content (AvgIpc) is 3.07. The predicted octanol–water partition coefficient (Wildman–Crippen LogP) is 1.53. The summed E-state index contributed by atoms with van der Waals surface area (Å²) >= 11 is 0. The Morgan fingerprint density at radius 3 is 2.79 bits per heavy atom. The van der Waals surface area contributed by atoms with Crippen molar-refractivity contribution >= 4 is 18.1 Å². The van der Waals surface area contributed by atoms with Crippen LogP contribution in [0.2, 0.25) is 0 Å². The normalized spacial score (nSPS) is 11.0. The lowest BCUT2D eigenvalue weighted by atomic mass is 10.1. The van der Waals surface area contributed by atoms with Gasteiger partial charge in [0.05, 0.1) is 5.69 Å². The standard InChI is InChI=1S/C16H13N5O3/c1-10-6-11(2-4-13(10)21-9-17-8-19-21)3-5-14-18-7-12(16(23)24)15(22)20-14/h2-9H,1H3,(H,23,24)(H,18,20,22). The molecule has 0 spiro atoms. The molecule has 0 aliphatic rings. The number of nitrogens with zero attached hydrogens (tertiary/aromatic N) is 4. The number of nitrogens with one attached hydrogen (secondary N) is 1. The van der Waals surface area contributed by atoms with Crippen molar-refractivity contribution in [3.05, 3.63) is 69.9 Å². The van der Waals surface area contributed by atoms with Gasteiger partial charge in [0.1, 0.15) is 24.0 Å². The van der Waals surface area contributed by atoms with Crippen molar-refractivity contribution in [3.63, 3.8) is 0 Å². The molecule has 0 saturated heterocycles. The second-order valence-corrected chi connectivity index (χ2v) is 5.04. The summed E-state index contributed by atoms with van der Waals surface area (Å²) in [6, 6.07) is 5.76. The molecule has 0 amide bonds. The zero-order valence-corrected chi connectivity index (χ0v) is 12.7. The van der Waals surface area contributed by atoms with Gasteiger partial charge in [-0.05, 0) is 36.3 Å². The number of aryl methyl sites for hydroxylation is 1. The van der Waals surface area contributed by atoms with Crippen molar-refractivity contribution in [3.8, 4) is 5.69 Å². The fourth-order valence-electron chi connectivity index (χ4n) is 2.19. The number of aromatic carboxylic acids is 1. The van der Waals surface area contributed by atoms with Crippen LogP contribution >= 0.6 is 0 Å². The van der Waals surface area contributed by atoms with E-state index in [4.69, 9.17) is 5.11 Å². The Kier molecular flexibility index (Phi) is 4.02. The van der Waals surface area contributed by atoms with Gasteiger partial charge in [-0.1, -0.05) is 12.1 Å². The Morgan fingerprint density at radius 1 is 1.33 bits per heavy atom. The van der Waals surface area contributed by atoms with E-state index in [-0.39, 0.29) is 11.4 Å². The number of carbonyl (C=O) groups is 1. The molecule has 8 nitrogen and oxygen atoms in total. The molecule has 1 aromatic carbocycles. The molecule has 0 aliphatic carbocycles. The second-order valence-electron chi connectivity index (χ2n) is 5.04. The number of H-pyrrole nitrogens is 1. The van der Waals surface area contributed by atoms with Gasteiger partial charge >= 0.3 is 5.97 Å². The van der Waals surface area contributed by atoms with Crippen molar-refractivity contribution in [2.24, 2.45) is 0 Å². The third-order valence-electron chi connectivity index (χ3n) is 3.37. The number of hydrogen-bond donors (Lipinski definition) is 2. The van der Waals surface area contributed by atoms with Gasteiger partial charge in [-0.2, -0.15) is 5.10 Å². The summed E-state index contributed by atoms with van der Waals surface area (Å²) in [6.45, 7) is 1.95. The molecule has 0 radical (unpaired) electrons. The fourth-order valence-corrected chi connectivity index (χ4v) is 2.19. The van der Waals surface area contributed by atoms with Gasteiger partial charge in [-0.3, -0.25) is 4.79 Å². The zero-order chi connectivity index (χ0) is 17.1. The Balaban J connectivity index is 1.85. The number of hydrogen-bond acceptors (Lipinski definition) is 5. The number of rotatable bonds is 4. The molecule has 0 aliphatic heterocycles. The Labute approximate surface area is 136 Å². The summed E-state index contributed by atoms with van der Waals surface area (Å²) in [7, 11) is 0. The first-order valence-electron chi connectivity index (χ1n) is 7.01. The Bertz CT molecular complexity index is 974. The van der Waals surface area contributed by atoms with E-state index in [0.717, 1.165) is 23.0 Å². The Morgan fingerprint density at radius 2 is 2.17 bits per heavy atom. The summed E-state index contributed by atoms with van der Waals surface area (Å²) in [6.07, 6.45) is 7.51. The van der Waals surface area contributed by atoms with E-state index in [9.17, 15) is 9.59 Å². The third-order valence-corrected chi connectivity index (χ3v) is 3.37. The summed E-state index contributed by atoms with van der Waals surface area (Å²) < 4.78 is 1.67. The monoisotopic (exact) mass is 323 g/mol. The second kappa shape index (κ2) is 6.29. The van der Waals surface area contributed by atoms with E-state index >= 15 is 0 Å². The highest BCUT2D eigenvalue weighted by Crippen LogP contribution is 2.16. The van der Waals surface area contributed by atoms with Crippen LogP contribution in [0.4, 0.5) is 0 Å². The molecule has 0 fully saturated rings. The van der Waals surface area contributed by atoms with Crippen molar-refractivity contribution < 1.29 is 9.90 Å². The molecule has 24 heavy (non-hydrogen) atoms. The molecule has 0 saturated carbocycles. The molecule has 0 unspecified atom stereocenters. The average molecular weight is 323 g/mol. The zero-order valence-electron chi connectivity index (χ0n) is 12.7. The van der Waals surface area contributed by atoms with E-state index in [1.807, 2.05) is 25.1 Å². The maximum absolute atomic E-state index is 11.6. The van der Waals surface area contributed by atoms with Crippen molar-refractivity contribution in [2.75, 3.05) is 0 Å². The van der Waals surface area contributed by atoms with Gasteiger partial charge in [0.15, 0.2) is 0 Å². The van der Waals surface area contributed by atoms with E-state index in [1.165, 1.54) is 6.33 Å². The first-order chi connectivity index (χ1) is 11.5. The van der Waals surface area contributed by atoms with Crippen molar-refractivity contribution in [1.29, 1.82) is 0 Å². The first kappa shape index (κ1) is 15.3. The fraction of sp³-hybridized carbons (Fsp3) is 0.0625. The SMILES string of the molecule is Cc1cc(C=Cc2ncc(C(=O)O)c(=O)[nH]2)ccc1-n1cncn1. The van der Waals surface area contributed by atoms with Gasteiger partial charge in [0.25, 0.3) is 5.56 Å². The van der Waals surface area contributed by atoms with Gasteiger partial charge < -0.3 is 10.1 Å². The molecule has 8 heteroatoms. The molecule has 2 aromatic heterocycles. The van der Waals surface area contributed by atoms with Crippen molar-refractivity contribution in [1.82, 2.24) is 24.7 Å². The number of benzene rings is 1. The number of carboxylic acids is 1. The highest BCUT2D eigenvalue weighted by Gasteiger charge is 2.08. The summed E-state index contributed by atoms with van der Waals surface area (Å²) in [5.41, 5.74) is 1.75.